The van der Waals surface area contributed by atoms with Gasteiger partial charge in [0.25, 0.3) is 0 Å². The molecule has 0 aliphatic carbocycles. The lowest BCUT2D eigenvalue weighted by atomic mass is 10.2. The summed E-state index contributed by atoms with van der Waals surface area (Å²) in [5.41, 5.74) is 6.28. The van der Waals surface area contributed by atoms with Gasteiger partial charge < -0.3 is 11.1 Å². The second-order valence-corrected chi connectivity index (χ2v) is 5.08. The van der Waals surface area contributed by atoms with Gasteiger partial charge in [0.1, 0.15) is 6.33 Å². The van der Waals surface area contributed by atoms with Crippen molar-refractivity contribution < 1.29 is 0 Å². The molecule has 16 heavy (non-hydrogen) atoms. The minimum atomic E-state index is 0.120. The van der Waals surface area contributed by atoms with E-state index in [2.05, 4.69) is 15.3 Å². The number of halogens is 1. The van der Waals surface area contributed by atoms with E-state index in [1.807, 2.05) is 19.1 Å². The largest absolute Gasteiger partial charge is 0.394 e. The molecule has 0 aliphatic heterocycles. The summed E-state index contributed by atoms with van der Waals surface area (Å²) >= 11 is 7.42. The van der Waals surface area contributed by atoms with Gasteiger partial charge in [0.2, 0.25) is 0 Å². The van der Waals surface area contributed by atoms with Crippen molar-refractivity contribution in [3.05, 3.63) is 33.9 Å². The van der Waals surface area contributed by atoms with Gasteiger partial charge in [-0.15, -0.1) is 11.3 Å². The van der Waals surface area contributed by atoms with Crippen LogP contribution in [0.1, 0.15) is 17.8 Å². The normalized spacial score (nSPS) is 12.4. The fraction of sp³-hybridized carbons (Fsp3) is 0.200. The van der Waals surface area contributed by atoms with Gasteiger partial charge in [0.05, 0.1) is 22.3 Å². The maximum Gasteiger partial charge on any atom is 0.153 e. The average molecular weight is 255 g/mol. The highest BCUT2D eigenvalue weighted by atomic mass is 35.5. The van der Waals surface area contributed by atoms with Crippen molar-refractivity contribution in [2.24, 2.45) is 0 Å². The lowest BCUT2D eigenvalue weighted by molar-refractivity contribution is 0.894. The van der Waals surface area contributed by atoms with Gasteiger partial charge in [-0.3, -0.25) is 0 Å². The molecule has 2 aromatic heterocycles. The monoisotopic (exact) mass is 254 g/mol. The number of hydrogen-bond acceptors (Lipinski definition) is 5. The quantitative estimate of drug-likeness (QED) is 0.884. The highest BCUT2D eigenvalue weighted by Gasteiger charge is 2.10. The number of thiophene rings is 1. The van der Waals surface area contributed by atoms with E-state index in [1.165, 1.54) is 17.7 Å². The van der Waals surface area contributed by atoms with Gasteiger partial charge in [-0.05, 0) is 19.1 Å². The molecule has 1 unspecified atom stereocenters. The average Bonchev–Trinajstić information content (AvgIpc) is 2.68. The molecule has 0 radical (unpaired) electrons. The molecular formula is C10H11ClN4S. The van der Waals surface area contributed by atoms with Crippen molar-refractivity contribution >= 4 is 34.4 Å². The van der Waals surface area contributed by atoms with E-state index in [4.69, 9.17) is 17.3 Å². The summed E-state index contributed by atoms with van der Waals surface area (Å²) in [5, 5.41) is 3.22. The molecule has 2 heterocycles. The summed E-state index contributed by atoms with van der Waals surface area (Å²) in [4.78, 5) is 9.05. The number of anilines is 2. The van der Waals surface area contributed by atoms with Gasteiger partial charge >= 0.3 is 0 Å². The SMILES string of the molecule is CC(Nc1ncncc1N)c1ccc(Cl)s1. The van der Waals surface area contributed by atoms with E-state index in [9.17, 15) is 0 Å². The van der Waals surface area contributed by atoms with Gasteiger partial charge in [-0.2, -0.15) is 0 Å². The van der Waals surface area contributed by atoms with E-state index in [0.29, 0.717) is 11.5 Å². The molecule has 4 nitrogen and oxygen atoms in total. The third kappa shape index (κ3) is 2.43. The third-order valence-corrected chi connectivity index (χ3v) is 3.53. The van der Waals surface area contributed by atoms with Crippen LogP contribution in [-0.2, 0) is 0 Å². The fourth-order valence-corrected chi connectivity index (χ4v) is 2.36. The maximum atomic E-state index is 5.88. The summed E-state index contributed by atoms with van der Waals surface area (Å²) in [7, 11) is 0. The van der Waals surface area contributed by atoms with Crippen molar-refractivity contribution in [1.82, 2.24) is 9.97 Å². The van der Waals surface area contributed by atoms with Crippen LogP contribution in [0.25, 0.3) is 0 Å². The van der Waals surface area contributed by atoms with Crippen molar-refractivity contribution in [2.75, 3.05) is 11.1 Å². The summed E-state index contributed by atoms with van der Waals surface area (Å²) in [6, 6.07) is 3.99. The molecule has 2 aromatic rings. The topological polar surface area (TPSA) is 63.8 Å². The molecule has 3 N–H and O–H groups in total. The minimum absolute atomic E-state index is 0.120. The summed E-state index contributed by atoms with van der Waals surface area (Å²) in [5.74, 6) is 0.645. The lowest BCUT2D eigenvalue weighted by Gasteiger charge is -2.13. The Balaban J connectivity index is 2.13. The Morgan fingerprint density at radius 1 is 1.50 bits per heavy atom. The number of nitrogens with two attached hydrogens (primary N) is 1. The minimum Gasteiger partial charge on any atom is -0.394 e. The smallest absolute Gasteiger partial charge is 0.153 e. The first-order valence-electron chi connectivity index (χ1n) is 4.74. The van der Waals surface area contributed by atoms with Crippen molar-refractivity contribution in [3.8, 4) is 0 Å². The number of nitrogens with zero attached hydrogens (tertiary/aromatic N) is 2. The third-order valence-electron chi connectivity index (χ3n) is 2.11. The molecule has 0 aliphatic rings. The van der Waals surface area contributed by atoms with Crippen LogP contribution in [0, 0.1) is 0 Å². The Labute approximate surface area is 102 Å². The molecule has 0 fully saturated rings. The molecule has 0 amide bonds. The summed E-state index contributed by atoms with van der Waals surface area (Å²) in [6.45, 7) is 2.03. The zero-order chi connectivity index (χ0) is 11.5. The number of nitrogen functional groups attached to an aromatic ring is 1. The van der Waals surface area contributed by atoms with Crippen molar-refractivity contribution in [3.63, 3.8) is 0 Å². The Hall–Kier alpha value is -1.33. The molecule has 1 atom stereocenters. The van der Waals surface area contributed by atoms with E-state index in [0.717, 1.165) is 9.21 Å². The van der Waals surface area contributed by atoms with Gasteiger partial charge in [-0.1, -0.05) is 11.6 Å². The maximum absolute atomic E-state index is 5.88. The van der Waals surface area contributed by atoms with Gasteiger partial charge in [-0.25, -0.2) is 9.97 Å². The van der Waals surface area contributed by atoms with Crippen LogP contribution >= 0.6 is 22.9 Å². The fourth-order valence-electron chi connectivity index (χ4n) is 1.30. The molecule has 0 spiro atoms. The van der Waals surface area contributed by atoms with E-state index in [-0.39, 0.29) is 6.04 Å². The van der Waals surface area contributed by atoms with E-state index in [1.54, 1.807) is 6.20 Å². The van der Waals surface area contributed by atoms with Gasteiger partial charge in [0, 0.05) is 4.88 Å². The van der Waals surface area contributed by atoms with E-state index < -0.39 is 0 Å². The molecule has 2 rings (SSSR count). The first kappa shape index (κ1) is 11.2. The number of aromatic nitrogens is 2. The van der Waals surface area contributed by atoms with Crippen LogP contribution in [0.15, 0.2) is 24.7 Å². The second-order valence-electron chi connectivity index (χ2n) is 3.33. The Bertz CT molecular complexity index is 485. The second kappa shape index (κ2) is 4.67. The standard InChI is InChI=1S/C10H11ClN4S/c1-6(8-2-3-9(11)16-8)15-10-7(12)4-13-5-14-10/h2-6H,12H2,1H3,(H,13,14,15). The number of rotatable bonds is 3. The van der Waals surface area contributed by atoms with Gasteiger partial charge in [0.15, 0.2) is 5.82 Å². The zero-order valence-electron chi connectivity index (χ0n) is 8.64. The molecule has 0 saturated carbocycles. The van der Waals surface area contributed by atoms with Crippen molar-refractivity contribution in [2.45, 2.75) is 13.0 Å². The zero-order valence-corrected chi connectivity index (χ0v) is 10.2. The highest BCUT2D eigenvalue weighted by Crippen LogP contribution is 2.29. The predicted octanol–water partition coefficient (Wildman–Crippen LogP) is 2.95. The highest BCUT2D eigenvalue weighted by molar-refractivity contribution is 7.16. The number of nitrogens with one attached hydrogen (secondary N) is 1. The van der Waals surface area contributed by atoms with Crippen LogP contribution in [0.3, 0.4) is 0 Å². The Morgan fingerprint density at radius 2 is 2.31 bits per heavy atom. The van der Waals surface area contributed by atoms with Crippen LogP contribution in [0.5, 0.6) is 0 Å². The molecule has 6 heteroatoms. The molecule has 0 saturated heterocycles. The number of hydrogen-bond donors (Lipinski definition) is 2. The van der Waals surface area contributed by atoms with Crippen LogP contribution in [-0.4, -0.2) is 9.97 Å². The predicted molar refractivity (Wildman–Crippen MR) is 67.8 cm³/mol. The summed E-state index contributed by atoms with van der Waals surface area (Å²) < 4.78 is 0.777. The first-order chi connectivity index (χ1) is 7.66. The lowest BCUT2D eigenvalue weighted by Crippen LogP contribution is -2.08. The molecular weight excluding hydrogens is 244 g/mol. The van der Waals surface area contributed by atoms with Crippen LogP contribution in [0.4, 0.5) is 11.5 Å². The Morgan fingerprint density at radius 3 is 2.94 bits per heavy atom. The molecule has 0 aromatic carbocycles. The first-order valence-corrected chi connectivity index (χ1v) is 5.93. The molecule has 0 bridgehead atoms. The Kier molecular flexibility index (Phi) is 3.26. The summed E-state index contributed by atoms with van der Waals surface area (Å²) in [6.07, 6.45) is 3.04. The van der Waals surface area contributed by atoms with Crippen LogP contribution in [0.2, 0.25) is 4.34 Å². The van der Waals surface area contributed by atoms with E-state index >= 15 is 0 Å². The van der Waals surface area contributed by atoms with Crippen molar-refractivity contribution in [1.29, 1.82) is 0 Å². The van der Waals surface area contributed by atoms with Crippen LogP contribution < -0.4 is 11.1 Å². The molecule has 84 valence electrons.